The van der Waals surface area contributed by atoms with Gasteiger partial charge >= 0.3 is 30.0 Å². The summed E-state index contributed by atoms with van der Waals surface area (Å²) in [5.74, 6) is 0.656. The van der Waals surface area contributed by atoms with Gasteiger partial charge < -0.3 is 4.74 Å². The van der Waals surface area contributed by atoms with E-state index < -0.39 is 0 Å². The van der Waals surface area contributed by atoms with Crippen LogP contribution in [-0.2, 0) is 16.3 Å². The molecule has 0 bridgehead atoms. The molecular weight excluding hydrogens is 336 g/mol. The fraction of sp³-hybridized carbons (Fsp3) is 0.400. The van der Waals surface area contributed by atoms with Crippen molar-refractivity contribution in [2.24, 2.45) is 0 Å². The Kier molecular flexibility index (Phi) is 11.1. The summed E-state index contributed by atoms with van der Waals surface area (Å²) in [6.45, 7) is 0.246. The van der Waals surface area contributed by atoms with E-state index in [0.717, 1.165) is 6.42 Å². The van der Waals surface area contributed by atoms with Crippen LogP contribution in [0.2, 0.25) is 5.02 Å². The molecule has 1 aromatic carbocycles. The molecule has 0 saturated carbocycles. The van der Waals surface area contributed by atoms with Gasteiger partial charge in [-0.2, -0.15) is 23.7 Å². The summed E-state index contributed by atoms with van der Waals surface area (Å²) in [5.41, 5.74) is 0. The quantitative estimate of drug-likeness (QED) is 0.443. The van der Waals surface area contributed by atoms with E-state index in [1.54, 1.807) is 18.2 Å². The van der Waals surface area contributed by atoms with Crippen LogP contribution >= 0.6 is 25.2 Å². The van der Waals surface area contributed by atoms with E-state index >= 15 is 0 Å². The van der Waals surface area contributed by atoms with Crippen LogP contribution in [0.5, 0.6) is 5.75 Å². The molecule has 0 N–H and O–H groups in total. The van der Waals surface area contributed by atoms with Crippen molar-refractivity contribution >= 4 is 25.2 Å². The van der Waals surface area contributed by atoms with E-state index in [2.05, 4.69) is 19.7 Å². The van der Waals surface area contributed by atoms with Gasteiger partial charge in [0.05, 0.1) is 13.3 Å². The molecule has 0 fully saturated rings. The Balaban J connectivity index is 0.000000921. The summed E-state index contributed by atoms with van der Waals surface area (Å²) in [4.78, 5) is 0. The Morgan fingerprint density at radius 1 is 1.40 bits per heavy atom. The minimum atomic E-state index is -0.284. The summed E-state index contributed by atoms with van der Waals surface area (Å²) in [6, 6.07) is 8.00. The zero-order valence-corrected chi connectivity index (χ0v) is 13.6. The van der Waals surface area contributed by atoms with Crippen LogP contribution in [0, 0.1) is 6.07 Å². The fourth-order valence-electron chi connectivity index (χ4n) is 0.860. The van der Waals surface area contributed by atoms with Gasteiger partial charge in [-0.3, -0.25) is 4.39 Å². The molecule has 0 aliphatic heterocycles. The van der Waals surface area contributed by atoms with Crippen LogP contribution < -0.4 is 4.74 Å². The predicted octanol–water partition coefficient (Wildman–Crippen LogP) is 4.11. The standard InChI is InChI=1S/C10H11ClFO.BrH.Zn/c11-9-3-5-10(6-4-9)13-8-2-1-7-12;;/h3-5H,1-2,7-8H2;1H;/q-1;;+2/p-1. The molecule has 0 radical (unpaired) electrons. The Labute approximate surface area is 111 Å². The van der Waals surface area contributed by atoms with Crippen LogP contribution in [-0.4, -0.2) is 13.3 Å². The SMILES string of the molecule is FCCCCOc1[c-]cc(Cl)cc1.[Zn+][Br]. The van der Waals surface area contributed by atoms with E-state index in [0.29, 0.717) is 23.8 Å². The van der Waals surface area contributed by atoms with Gasteiger partial charge in [-0.1, -0.05) is 5.02 Å². The van der Waals surface area contributed by atoms with Gasteiger partial charge in [-0.25, -0.2) is 0 Å². The first-order valence-corrected chi connectivity index (χ1v) is 11.8. The van der Waals surface area contributed by atoms with Gasteiger partial charge in [-0.05, 0) is 12.8 Å². The molecule has 0 spiro atoms. The number of benzene rings is 1. The molecule has 0 atom stereocenters. The van der Waals surface area contributed by atoms with Crippen LogP contribution in [0.15, 0.2) is 18.2 Å². The molecule has 0 unspecified atom stereocenters. The molecule has 1 rings (SSSR count). The van der Waals surface area contributed by atoms with E-state index in [9.17, 15) is 4.39 Å². The van der Waals surface area contributed by atoms with Gasteiger partial charge in [0.25, 0.3) is 0 Å². The summed E-state index contributed by atoms with van der Waals surface area (Å²) in [5, 5.41) is 0.635. The maximum atomic E-state index is 11.7. The third-order valence-corrected chi connectivity index (χ3v) is 1.77. The van der Waals surface area contributed by atoms with Crippen molar-refractivity contribution < 1.29 is 25.5 Å². The summed E-state index contributed by atoms with van der Waals surface area (Å²) >= 11 is 9.91. The van der Waals surface area contributed by atoms with Crippen LogP contribution in [0.1, 0.15) is 12.8 Å². The van der Waals surface area contributed by atoms with Crippen LogP contribution in [0.3, 0.4) is 0 Å². The molecule has 0 saturated heterocycles. The Hall–Kier alpha value is 0.343. The average Bonchev–Trinajstić information content (AvgIpc) is 2.30. The average molecular weight is 347 g/mol. The minimum absolute atomic E-state index is 0.284. The zero-order valence-electron chi connectivity index (χ0n) is 8.31. The predicted molar refractivity (Wildman–Crippen MR) is 59.9 cm³/mol. The molecule has 0 aliphatic carbocycles. The molecule has 80 valence electrons. The zero-order chi connectivity index (χ0) is 11.5. The number of ether oxygens (including phenoxy) is 1. The van der Waals surface area contributed by atoms with Crippen molar-refractivity contribution in [1.82, 2.24) is 0 Å². The number of unbranched alkanes of at least 4 members (excludes halogenated alkanes) is 1. The molecule has 0 aliphatic rings. The second-order valence-corrected chi connectivity index (χ2v) is 3.05. The topological polar surface area (TPSA) is 9.23 Å². The number of halogens is 3. The van der Waals surface area contributed by atoms with Gasteiger partial charge in [0.1, 0.15) is 0 Å². The van der Waals surface area contributed by atoms with E-state index in [1.165, 1.54) is 16.3 Å². The maximum absolute atomic E-state index is 11.7. The Bertz CT molecular complexity index is 246. The molecule has 15 heavy (non-hydrogen) atoms. The number of hydrogen-bond donors (Lipinski definition) is 0. The molecule has 0 aromatic heterocycles. The molecule has 1 aromatic rings. The first-order valence-electron chi connectivity index (χ1n) is 4.45. The molecular formula is C10H11BrClFOZn. The monoisotopic (exact) mass is 344 g/mol. The van der Waals surface area contributed by atoms with Crippen molar-refractivity contribution in [2.75, 3.05) is 13.3 Å². The van der Waals surface area contributed by atoms with Crippen LogP contribution in [0.25, 0.3) is 0 Å². The van der Waals surface area contributed by atoms with E-state index in [1.807, 2.05) is 0 Å². The number of rotatable bonds is 5. The van der Waals surface area contributed by atoms with Gasteiger partial charge in [0, 0.05) is 5.75 Å². The van der Waals surface area contributed by atoms with Gasteiger partial charge in [0.15, 0.2) is 0 Å². The van der Waals surface area contributed by atoms with Crippen molar-refractivity contribution in [3.8, 4) is 5.75 Å². The van der Waals surface area contributed by atoms with E-state index in [4.69, 9.17) is 16.3 Å². The second-order valence-electron chi connectivity index (χ2n) is 2.62. The summed E-state index contributed by atoms with van der Waals surface area (Å²) in [6.07, 6.45) is 1.28. The molecule has 0 heterocycles. The number of hydrogen-bond acceptors (Lipinski definition) is 1. The Morgan fingerprint density at radius 3 is 2.67 bits per heavy atom. The Morgan fingerprint density at radius 2 is 2.13 bits per heavy atom. The van der Waals surface area contributed by atoms with E-state index in [-0.39, 0.29) is 6.67 Å². The van der Waals surface area contributed by atoms with Crippen LogP contribution in [0.4, 0.5) is 4.39 Å². The van der Waals surface area contributed by atoms with Crippen molar-refractivity contribution in [1.29, 1.82) is 0 Å². The first-order chi connectivity index (χ1) is 7.33. The second kappa shape index (κ2) is 10.8. The van der Waals surface area contributed by atoms with Crippen molar-refractivity contribution in [3.05, 3.63) is 29.3 Å². The third kappa shape index (κ3) is 8.18. The third-order valence-electron chi connectivity index (χ3n) is 1.53. The van der Waals surface area contributed by atoms with Gasteiger partial charge in [0.2, 0.25) is 0 Å². The van der Waals surface area contributed by atoms with Crippen molar-refractivity contribution in [3.63, 3.8) is 0 Å². The molecule has 0 amide bonds. The fourth-order valence-corrected chi connectivity index (χ4v) is 0.978. The van der Waals surface area contributed by atoms with Crippen molar-refractivity contribution in [2.45, 2.75) is 12.8 Å². The van der Waals surface area contributed by atoms with Gasteiger partial charge in [-0.15, -0.1) is 12.1 Å². The molecule has 5 heteroatoms. The normalized spacial score (nSPS) is 9.13. The summed E-state index contributed by atoms with van der Waals surface area (Å²) < 4.78 is 17.0. The first kappa shape index (κ1) is 15.3. The molecule has 1 nitrogen and oxygen atoms in total. The number of alkyl halides is 1. The summed E-state index contributed by atoms with van der Waals surface area (Å²) in [7, 11) is 0.